The Morgan fingerprint density at radius 1 is 1.21 bits per heavy atom. The fourth-order valence-corrected chi connectivity index (χ4v) is 2.88. The Hall–Kier alpha value is -0.370. The highest BCUT2D eigenvalue weighted by Crippen LogP contribution is 2.40. The Bertz CT molecular complexity index is 188. The molecule has 0 aromatic carbocycles. The third-order valence-corrected chi connectivity index (χ3v) is 3.76. The molecule has 0 bridgehead atoms. The summed E-state index contributed by atoms with van der Waals surface area (Å²) in [6.07, 6.45) is 10.9. The highest BCUT2D eigenvalue weighted by atomic mass is 16.5. The molecular weight excluding hydrogens is 176 g/mol. The lowest BCUT2D eigenvalue weighted by molar-refractivity contribution is -0.120. The number of hydrogen-bond acceptors (Lipinski definition) is 2. The Morgan fingerprint density at radius 3 is 2.57 bits per heavy atom. The Balaban J connectivity index is 1.92. The minimum atomic E-state index is -0.0206. The zero-order valence-electron chi connectivity index (χ0n) is 8.84. The van der Waals surface area contributed by atoms with Gasteiger partial charge in [-0.05, 0) is 32.1 Å². The molecule has 2 aliphatic rings. The molecule has 1 aliphatic heterocycles. The molecule has 1 heterocycles. The molecule has 0 amide bonds. The Kier molecular flexibility index (Phi) is 3.22. The first-order valence-electron chi connectivity index (χ1n) is 5.93. The molecule has 0 N–H and O–H groups in total. The molecule has 1 aliphatic carbocycles. The van der Waals surface area contributed by atoms with Crippen LogP contribution in [0.1, 0.15) is 51.4 Å². The van der Waals surface area contributed by atoms with Gasteiger partial charge in [-0.2, -0.15) is 0 Å². The molecule has 0 radical (unpaired) electrons. The summed E-state index contributed by atoms with van der Waals surface area (Å²) < 4.78 is 5.62. The van der Waals surface area contributed by atoms with E-state index in [2.05, 4.69) is 0 Å². The van der Waals surface area contributed by atoms with E-state index in [4.69, 9.17) is 4.74 Å². The first kappa shape index (κ1) is 10.2. The third kappa shape index (κ3) is 2.17. The maximum atomic E-state index is 11.2. The van der Waals surface area contributed by atoms with Crippen molar-refractivity contribution in [3.05, 3.63) is 0 Å². The van der Waals surface area contributed by atoms with E-state index in [1.807, 2.05) is 0 Å². The van der Waals surface area contributed by atoms with Crippen molar-refractivity contribution in [3.63, 3.8) is 0 Å². The van der Waals surface area contributed by atoms with Crippen molar-refractivity contribution in [2.24, 2.45) is 5.41 Å². The molecule has 80 valence electrons. The van der Waals surface area contributed by atoms with Crippen molar-refractivity contribution in [3.8, 4) is 0 Å². The molecule has 2 fully saturated rings. The summed E-state index contributed by atoms with van der Waals surface area (Å²) in [7, 11) is 0. The van der Waals surface area contributed by atoms with Gasteiger partial charge in [0.25, 0.3) is 0 Å². The van der Waals surface area contributed by atoms with Crippen LogP contribution in [0.2, 0.25) is 0 Å². The van der Waals surface area contributed by atoms with E-state index >= 15 is 0 Å². The van der Waals surface area contributed by atoms with E-state index in [-0.39, 0.29) is 5.41 Å². The zero-order valence-corrected chi connectivity index (χ0v) is 8.84. The van der Waals surface area contributed by atoms with Crippen LogP contribution in [0, 0.1) is 5.41 Å². The van der Waals surface area contributed by atoms with Gasteiger partial charge in [0.1, 0.15) is 6.29 Å². The van der Waals surface area contributed by atoms with Crippen molar-refractivity contribution in [2.45, 2.75) is 57.5 Å². The highest BCUT2D eigenvalue weighted by molar-refractivity contribution is 5.59. The van der Waals surface area contributed by atoms with Crippen LogP contribution in [0.25, 0.3) is 0 Å². The lowest BCUT2D eigenvalue weighted by Crippen LogP contribution is -2.30. The summed E-state index contributed by atoms with van der Waals surface area (Å²) in [5.41, 5.74) is -0.0206. The molecule has 2 rings (SSSR count). The van der Waals surface area contributed by atoms with Gasteiger partial charge in [-0.3, -0.25) is 0 Å². The average Bonchev–Trinajstić information content (AvgIpc) is 2.72. The predicted octanol–water partition coefficient (Wildman–Crippen LogP) is 2.70. The topological polar surface area (TPSA) is 26.3 Å². The Morgan fingerprint density at radius 2 is 2.00 bits per heavy atom. The van der Waals surface area contributed by atoms with Crippen LogP contribution in [0.15, 0.2) is 0 Å². The number of aldehydes is 1. The van der Waals surface area contributed by atoms with E-state index in [0.29, 0.717) is 6.10 Å². The van der Waals surface area contributed by atoms with Gasteiger partial charge in [0.05, 0.1) is 6.10 Å². The van der Waals surface area contributed by atoms with E-state index in [1.165, 1.54) is 32.0 Å². The summed E-state index contributed by atoms with van der Waals surface area (Å²) in [6.45, 7) is 0.902. The van der Waals surface area contributed by atoms with Crippen molar-refractivity contribution >= 4 is 6.29 Å². The van der Waals surface area contributed by atoms with Crippen molar-refractivity contribution < 1.29 is 9.53 Å². The van der Waals surface area contributed by atoms with E-state index < -0.39 is 0 Å². The highest BCUT2D eigenvalue weighted by Gasteiger charge is 2.35. The maximum absolute atomic E-state index is 11.2. The SMILES string of the molecule is O=CC1(CC2CCCO2)CCCCC1. The molecule has 1 unspecified atom stereocenters. The summed E-state index contributed by atoms with van der Waals surface area (Å²) in [5.74, 6) is 0. The molecule has 1 saturated carbocycles. The lowest BCUT2D eigenvalue weighted by Gasteiger charge is -2.33. The molecule has 0 aromatic heterocycles. The molecule has 2 heteroatoms. The normalized spacial score (nSPS) is 31.6. The minimum absolute atomic E-state index is 0.0206. The van der Waals surface area contributed by atoms with Gasteiger partial charge >= 0.3 is 0 Å². The van der Waals surface area contributed by atoms with Gasteiger partial charge in [0.2, 0.25) is 0 Å². The van der Waals surface area contributed by atoms with Gasteiger partial charge in [0, 0.05) is 12.0 Å². The van der Waals surface area contributed by atoms with Gasteiger partial charge in [-0.25, -0.2) is 0 Å². The maximum Gasteiger partial charge on any atom is 0.126 e. The quantitative estimate of drug-likeness (QED) is 0.649. The number of hydrogen-bond donors (Lipinski definition) is 0. The summed E-state index contributed by atoms with van der Waals surface area (Å²) in [6, 6.07) is 0. The van der Waals surface area contributed by atoms with Crippen LogP contribution < -0.4 is 0 Å². The molecule has 14 heavy (non-hydrogen) atoms. The van der Waals surface area contributed by atoms with Crippen LogP contribution in [-0.4, -0.2) is 19.0 Å². The first-order chi connectivity index (χ1) is 6.85. The van der Waals surface area contributed by atoms with E-state index in [1.54, 1.807) is 0 Å². The standard InChI is InChI=1S/C12H20O2/c13-10-12(6-2-1-3-7-12)9-11-5-4-8-14-11/h10-11H,1-9H2. The minimum Gasteiger partial charge on any atom is -0.378 e. The summed E-state index contributed by atoms with van der Waals surface area (Å²) >= 11 is 0. The average molecular weight is 196 g/mol. The van der Waals surface area contributed by atoms with Crippen LogP contribution in [0.4, 0.5) is 0 Å². The van der Waals surface area contributed by atoms with Gasteiger partial charge < -0.3 is 9.53 Å². The predicted molar refractivity (Wildman–Crippen MR) is 55.2 cm³/mol. The second-order valence-electron chi connectivity index (χ2n) is 4.88. The molecule has 1 saturated heterocycles. The van der Waals surface area contributed by atoms with Crippen molar-refractivity contribution in [1.29, 1.82) is 0 Å². The number of rotatable bonds is 3. The largest absolute Gasteiger partial charge is 0.378 e. The van der Waals surface area contributed by atoms with Crippen molar-refractivity contribution in [2.75, 3.05) is 6.61 Å². The second-order valence-corrected chi connectivity index (χ2v) is 4.88. The summed E-state index contributed by atoms with van der Waals surface area (Å²) in [5, 5.41) is 0. The molecule has 1 atom stereocenters. The fourth-order valence-electron chi connectivity index (χ4n) is 2.88. The van der Waals surface area contributed by atoms with E-state index in [9.17, 15) is 4.79 Å². The van der Waals surface area contributed by atoms with Gasteiger partial charge in [0.15, 0.2) is 0 Å². The van der Waals surface area contributed by atoms with E-state index in [0.717, 1.165) is 32.3 Å². The zero-order chi connectivity index (χ0) is 9.86. The molecular formula is C12H20O2. The van der Waals surface area contributed by atoms with Crippen LogP contribution >= 0.6 is 0 Å². The molecule has 0 spiro atoms. The first-order valence-corrected chi connectivity index (χ1v) is 5.93. The van der Waals surface area contributed by atoms with Gasteiger partial charge in [-0.15, -0.1) is 0 Å². The van der Waals surface area contributed by atoms with Crippen LogP contribution in [0.3, 0.4) is 0 Å². The number of carbonyl (C=O) groups is 1. The van der Waals surface area contributed by atoms with Crippen LogP contribution in [-0.2, 0) is 9.53 Å². The molecule has 2 nitrogen and oxygen atoms in total. The molecule has 0 aromatic rings. The lowest BCUT2D eigenvalue weighted by atomic mass is 9.71. The number of carbonyl (C=O) groups excluding carboxylic acids is 1. The van der Waals surface area contributed by atoms with Gasteiger partial charge in [-0.1, -0.05) is 19.3 Å². The number of ether oxygens (including phenoxy) is 1. The summed E-state index contributed by atoms with van der Waals surface area (Å²) in [4.78, 5) is 11.2. The monoisotopic (exact) mass is 196 g/mol. The second kappa shape index (κ2) is 4.43. The smallest absolute Gasteiger partial charge is 0.126 e. The fraction of sp³-hybridized carbons (Fsp3) is 0.917. The third-order valence-electron chi connectivity index (χ3n) is 3.76. The van der Waals surface area contributed by atoms with Crippen LogP contribution in [0.5, 0.6) is 0 Å². The Labute approximate surface area is 86.0 Å². The van der Waals surface area contributed by atoms with Crippen molar-refractivity contribution in [1.82, 2.24) is 0 Å².